The van der Waals surface area contributed by atoms with Gasteiger partial charge in [0.1, 0.15) is 11.4 Å². The van der Waals surface area contributed by atoms with Gasteiger partial charge in [0.05, 0.1) is 48.7 Å². The molecule has 2 aromatic carbocycles. The Morgan fingerprint density at radius 2 is 2.00 bits per heavy atom. The van der Waals surface area contributed by atoms with Gasteiger partial charge in [-0.1, -0.05) is 12.1 Å². The fraction of sp³-hybridized carbons (Fsp3) is 0.407. The summed E-state index contributed by atoms with van der Waals surface area (Å²) in [4.78, 5) is 19.1. The number of methoxy groups -OCH3 is 1. The lowest BCUT2D eigenvalue weighted by molar-refractivity contribution is -0.0323. The van der Waals surface area contributed by atoms with Crippen molar-refractivity contribution in [1.29, 1.82) is 10.5 Å². The van der Waals surface area contributed by atoms with E-state index in [2.05, 4.69) is 17.1 Å². The van der Waals surface area contributed by atoms with Crippen molar-refractivity contribution in [2.24, 2.45) is 5.41 Å². The van der Waals surface area contributed by atoms with Crippen LogP contribution in [-0.4, -0.2) is 39.8 Å². The zero-order valence-electron chi connectivity index (χ0n) is 19.7. The Kier molecular flexibility index (Phi) is 5.82. The molecule has 1 aliphatic carbocycles. The van der Waals surface area contributed by atoms with E-state index in [1.54, 1.807) is 24.4 Å². The van der Waals surface area contributed by atoms with Gasteiger partial charge in [0.25, 0.3) is 0 Å². The third-order valence-electron chi connectivity index (χ3n) is 7.32. The van der Waals surface area contributed by atoms with E-state index in [0.717, 1.165) is 41.6 Å². The molecule has 8 heteroatoms. The van der Waals surface area contributed by atoms with E-state index in [-0.39, 0.29) is 11.5 Å². The van der Waals surface area contributed by atoms with E-state index in [1.807, 2.05) is 41.0 Å². The Hall–Kier alpha value is -4.04. The van der Waals surface area contributed by atoms with Gasteiger partial charge >= 0.3 is 6.09 Å². The van der Waals surface area contributed by atoms with E-state index in [9.17, 15) is 15.3 Å². The number of nitrogens with zero attached hydrogens (tertiary/aromatic N) is 5. The first-order valence-electron chi connectivity index (χ1n) is 11.8. The highest BCUT2D eigenvalue weighted by Crippen LogP contribution is 2.49. The second-order valence-corrected chi connectivity index (χ2v) is 9.81. The summed E-state index contributed by atoms with van der Waals surface area (Å²) in [6.07, 6.45) is 4.99. The van der Waals surface area contributed by atoms with E-state index in [4.69, 9.17) is 9.47 Å². The Labute approximate surface area is 204 Å². The van der Waals surface area contributed by atoms with Crippen molar-refractivity contribution in [2.45, 2.75) is 50.8 Å². The number of ether oxygens (including phenoxy) is 2. The van der Waals surface area contributed by atoms with Crippen molar-refractivity contribution in [3.63, 3.8) is 0 Å². The highest BCUT2D eigenvalue weighted by Gasteiger charge is 2.52. The molecule has 1 aliphatic heterocycles. The standard InChI is InChI=1S/C27H27N5O3/c1-34-22-6-3-20(4-7-22)15-31-18-27(35-25(31)33)10-2-9-26(16-27,11-12-28)17-32-19-30-23-8-5-21(14-29)13-24(23)32/h3-8,13,19H,2,9-11,15-18H2,1H3/t26-,27+/m1/s1. The molecule has 0 radical (unpaired) electrons. The van der Waals surface area contributed by atoms with E-state index >= 15 is 0 Å². The van der Waals surface area contributed by atoms with Crippen molar-refractivity contribution < 1.29 is 14.3 Å². The van der Waals surface area contributed by atoms with Crippen LogP contribution in [0.5, 0.6) is 5.75 Å². The van der Waals surface area contributed by atoms with Crippen molar-refractivity contribution >= 4 is 17.1 Å². The van der Waals surface area contributed by atoms with Crippen LogP contribution in [0.25, 0.3) is 11.0 Å². The van der Waals surface area contributed by atoms with Crippen molar-refractivity contribution in [1.82, 2.24) is 14.5 Å². The minimum atomic E-state index is -0.604. The van der Waals surface area contributed by atoms with Crippen LogP contribution < -0.4 is 4.74 Å². The lowest BCUT2D eigenvalue weighted by Crippen LogP contribution is -2.46. The topological polar surface area (TPSA) is 104 Å². The minimum Gasteiger partial charge on any atom is -0.497 e. The average Bonchev–Trinajstić information content (AvgIpc) is 3.38. The van der Waals surface area contributed by atoms with Gasteiger partial charge in [-0.3, -0.25) is 4.90 Å². The summed E-state index contributed by atoms with van der Waals surface area (Å²) in [5.74, 6) is 0.775. The number of hydrogen-bond donors (Lipinski definition) is 0. The monoisotopic (exact) mass is 469 g/mol. The lowest BCUT2D eigenvalue weighted by atomic mass is 9.65. The molecule has 8 nitrogen and oxygen atoms in total. The molecule has 0 unspecified atom stereocenters. The van der Waals surface area contributed by atoms with Crippen LogP contribution in [0, 0.1) is 28.1 Å². The van der Waals surface area contributed by atoms with Gasteiger partial charge in [0, 0.05) is 24.9 Å². The predicted octanol–water partition coefficient (Wildman–Crippen LogP) is 4.78. The Morgan fingerprint density at radius 1 is 1.17 bits per heavy atom. The lowest BCUT2D eigenvalue weighted by Gasteiger charge is -2.44. The normalized spacial score (nSPS) is 23.7. The fourth-order valence-corrected chi connectivity index (χ4v) is 5.76. The molecule has 1 spiro atoms. The third kappa shape index (κ3) is 4.40. The summed E-state index contributed by atoms with van der Waals surface area (Å²) in [7, 11) is 1.63. The first-order valence-corrected chi connectivity index (χ1v) is 11.8. The molecular weight excluding hydrogens is 442 g/mol. The molecule has 5 rings (SSSR count). The first kappa shape index (κ1) is 22.7. The molecule has 2 atom stereocenters. The van der Waals surface area contributed by atoms with E-state index < -0.39 is 5.60 Å². The SMILES string of the molecule is COc1ccc(CN2C[C@@]3(CCC[C@](CC#N)(Cn4cnc5ccc(C#N)cc54)C3)OC2=O)cc1. The van der Waals surface area contributed by atoms with Crippen LogP contribution in [0.4, 0.5) is 4.79 Å². The Bertz CT molecular complexity index is 1340. The van der Waals surface area contributed by atoms with E-state index in [1.165, 1.54) is 0 Å². The van der Waals surface area contributed by atoms with Crippen LogP contribution in [-0.2, 0) is 17.8 Å². The van der Waals surface area contributed by atoms with Crippen LogP contribution in [0.3, 0.4) is 0 Å². The smallest absolute Gasteiger partial charge is 0.410 e. The van der Waals surface area contributed by atoms with Gasteiger partial charge < -0.3 is 14.0 Å². The van der Waals surface area contributed by atoms with Crippen molar-refractivity contribution in [3.05, 3.63) is 59.9 Å². The van der Waals surface area contributed by atoms with Gasteiger partial charge in [-0.15, -0.1) is 0 Å². The van der Waals surface area contributed by atoms with Crippen LogP contribution in [0.2, 0.25) is 0 Å². The van der Waals surface area contributed by atoms with Gasteiger partial charge in [-0.2, -0.15) is 10.5 Å². The predicted molar refractivity (Wildman–Crippen MR) is 128 cm³/mol. The van der Waals surface area contributed by atoms with Crippen LogP contribution >= 0.6 is 0 Å². The molecule has 0 N–H and O–H groups in total. The van der Waals surface area contributed by atoms with Crippen LogP contribution in [0.1, 0.15) is 43.2 Å². The number of fused-ring (bicyclic) bond motifs is 1. The summed E-state index contributed by atoms with van der Waals surface area (Å²) in [6, 6.07) is 17.7. The highest BCUT2D eigenvalue weighted by atomic mass is 16.6. The molecular formula is C27H27N5O3. The number of aromatic nitrogens is 2. The molecule has 0 bridgehead atoms. The summed E-state index contributed by atoms with van der Waals surface area (Å²) < 4.78 is 13.3. The number of benzene rings is 2. The molecule has 2 fully saturated rings. The maximum Gasteiger partial charge on any atom is 0.410 e. The highest BCUT2D eigenvalue weighted by molar-refractivity contribution is 5.77. The van der Waals surface area contributed by atoms with E-state index in [0.29, 0.717) is 38.0 Å². The maximum absolute atomic E-state index is 12.9. The van der Waals surface area contributed by atoms with Crippen molar-refractivity contribution in [2.75, 3.05) is 13.7 Å². The molecule has 3 aromatic rings. The molecule has 1 amide bonds. The maximum atomic E-state index is 12.9. The number of rotatable bonds is 6. The second kappa shape index (κ2) is 8.96. The van der Waals surface area contributed by atoms with Gasteiger partial charge in [-0.25, -0.2) is 9.78 Å². The largest absolute Gasteiger partial charge is 0.497 e. The Morgan fingerprint density at radius 3 is 2.74 bits per heavy atom. The fourth-order valence-electron chi connectivity index (χ4n) is 5.76. The molecule has 2 aliphatic rings. The average molecular weight is 470 g/mol. The molecule has 35 heavy (non-hydrogen) atoms. The molecule has 2 heterocycles. The molecule has 1 saturated heterocycles. The number of carbonyl (C=O) groups excluding carboxylic acids is 1. The summed E-state index contributed by atoms with van der Waals surface area (Å²) in [5.41, 5.74) is 2.34. The molecule has 1 saturated carbocycles. The summed E-state index contributed by atoms with van der Waals surface area (Å²) >= 11 is 0. The number of hydrogen-bond acceptors (Lipinski definition) is 6. The first-order chi connectivity index (χ1) is 17.0. The van der Waals surface area contributed by atoms with Gasteiger partial charge in [0.15, 0.2) is 0 Å². The van der Waals surface area contributed by atoms with Crippen molar-refractivity contribution in [3.8, 4) is 17.9 Å². The minimum absolute atomic E-state index is 0.305. The number of imidazole rings is 1. The summed E-state index contributed by atoms with van der Waals surface area (Å²) in [6.45, 7) is 1.57. The number of amides is 1. The zero-order chi connectivity index (χ0) is 24.5. The molecule has 178 valence electrons. The Balaban J connectivity index is 1.38. The summed E-state index contributed by atoms with van der Waals surface area (Å²) in [5, 5.41) is 19.1. The van der Waals surface area contributed by atoms with Gasteiger partial charge in [0.2, 0.25) is 0 Å². The zero-order valence-corrected chi connectivity index (χ0v) is 19.7. The quantitative estimate of drug-likeness (QED) is 0.514. The number of carbonyl (C=O) groups is 1. The third-order valence-corrected chi connectivity index (χ3v) is 7.32. The number of nitriles is 2. The molecule has 1 aromatic heterocycles. The van der Waals surface area contributed by atoms with Crippen LogP contribution in [0.15, 0.2) is 48.8 Å². The second-order valence-electron chi connectivity index (χ2n) is 9.81. The van der Waals surface area contributed by atoms with Gasteiger partial charge in [-0.05, 0) is 61.6 Å².